The van der Waals surface area contributed by atoms with Gasteiger partial charge in [-0.15, -0.1) is 0 Å². The Hall–Kier alpha value is -0.0800. The van der Waals surface area contributed by atoms with Crippen LogP contribution in [0.15, 0.2) is 0 Å². The Balaban J connectivity index is 4.27. The van der Waals surface area contributed by atoms with Crippen LogP contribution in [0.4, 0.5) is 0 Å². The molecule has 86 valence electrons. The molecule has 0 fully saturated rings. The molecule has 3 N–H and O–H groups in total. The van der Waals surface area contributed by atoms with Gasteiger partial charge in [-0.05, 0) is 24.2 Å². The maximum Gasteiger partial charge on any atom is 0.0264 e. The van der Waals surface area contributed by atoms with Gasteiger partial charge in [-0.3, -0.25) is 11.3 Å². The smallest absolute Gasteiger partial charge is 0.0264 e. The Morgan fingerprint density at radius 1 is 1.14 bits per heavy atom. The molecule has 0 heterocycles. The molecule has 0 radical (unpaired) electrons. The van der Waals surface area contributed by atoms with Gasteiger partial charge in [0.1, 0.15) is 0 Å². The molecule has 0 aliphatic heterocycles. The molecule has 0 saturated heterocycles. The maximum atomic E-state index is 5.64. The molecule has 0 aromatic carbocycles. The van der Waals surface area contributed by atoms with Gasteiger partial charge in [0.15, 0.2) is 0 Å². The molecule has 2 nitrogen and oxygen atoms in total. The highest BCUT2D eigenvalue weighted by atomic mass is 15.2. The van der Waals surface area contributed by atoms with Crippen LogP contribution >= 0.6 is 0 Å². The van der Waals surface area contributed by atoms with E-state index in [1.165, 1.54) is 25.7 Å². The summed E-state index contributed by atoms with van der Waals surface area (Å²) in [6, 6.07) is 0.442. The number of hydrazine groups is 1. The van der Waals surface area contributed by atoms with E-state index in [0.717, 1.165) is 5.92 Å². The lowest BCUT2D eigenvalue weighted by molar-refractivity contribution is 0.194. The minimum absolute atomic E-state index is 0.303. The van der Waals surface area contributed by atoms with Crippen molar-refractivity contribution in [1.29, 1.82) is 0 Å². The number of hydrogen-bond acceptors (Lipinski definition) is 2. The van der Waals surface area contributed by atoms with Crippen LogP contribution in [-0.2, 0) is 0 Å². The fraction of sp³-hybridized carbons (Fsp3) is 1.00. The van der Waals surface area contributed by atoms with Crippen molar-refractivity contribution in [1.82, 2.24) is 5.43 Å². The monoisotopic (exact) mass is 200 g/mol. The van der Waals surface area contributed by atoms with E-state index in [1.54, 1.807) is 0 Å². The predicted octanol–water partition coefficient (Wildman–Crippen LogP) is 3.08. The van der Waals surface area contributed by atoms with Crippen molar-refractivity contribution in [2.24, 2.45) is 17.2 Å². The molecule has 0 aromatic rings. The summed E-state index contributed by atoms with van der Waals surface area (Å²) < 4.78 is 0. The van der Waals surface area contributed by atoms with Gasteiger partial charge in [0.2, 0.25) is 0 Å². The second-order valence-corrected chi connectivity index (χ2v) is 4.98. The zero-order valence-corrected chi connectivity index (χ0v) is 10.6. The quantitative estimate of drug-likeness (QED) is 0.489. The van der Waals surface area contributed by atoms with Crippen molar-refractivity contribution < 1.29 is 0 Å². The highest BCUT2D eigenvalue weighted by Gasteiger charge is 2.28. The normalized spacial score (nSPS) is 14.8. The Kier molecular flexibility index (Phi) is 6.38. The van der Waals surface area contributed by atoms with Crippen molar-refractivity contribution in [3.63, 3.8) is 0 Å². The average molecular weight is 200 g/mol. The van der Waals surface area contributed by atoms with E-state index in [9.17, 15) is 0 Å². The van der Waals surface area contributed by atoms with Crippen molar-refractivity contribution in [3.05, 3.63) is 0 Å². The van der Waals surface area contributed by atoms with Crippen LogP contribution in [0.5, 0.6) is 0 Å². The Bertz CT molecular complexity index is 139. The summed E-state index contributed by atoms with van der Waals surface area (Å²) in [5.41, 5.74) is 3.30. The summed E-state index contributed by atoms with van der Waals surface area (Å²) in [6.07, 6.45) is 4.88. The zero-order chi connectivity index (χ0) is 11.2. The van der Waals surface area contributed by atoms with Crippen LogP contribution in [0.2, 0.25) is 0 Å². The summed E-state index contributed by atoms with van der Waals surface area (Å²) in [4.78, 5) is 0. The molecule has 0 rings (SSSR count). The number of nitrogens with one attached hydrogen (secondary N) is 1. The van der Waals surface area contributed by atoms with E-state index in [1.807, 2.05) is 0 Å². The fourth-order valence-corrected chi connectivity index (χ4v) is 1.81. The number of rotatable bonds is 7. The van der Waals surface area contributed by atoms with Gasteiger partial charge in [-0.25, -0.2) is 0 Å². The van der Waals surface area contributed by atoms with Crippen LogP contribution in [0.1, 0.15) is 60.3 Å². The van der Waals surface area contributed by atoms with Gasteiger partial charge in [0.05, 0.1) is 0 Å². The van der Waals surface area contributed by atoms with Crippen LogP contribution in [-0.4, -0.2) is 6.04 Å². The number of nitrogens with two attached hydrogens (primary N) is 1. The molecule has 0 aliphatic rings. The van der Waals surface area contributed by atoms with Gasteiger partial charge < -0.3 is 0 Å². The van der Waals surface area contributed by atoms with Crippen molar-refractivity contribution in [2.75, 3.05) is 0 Å². The second-order valence-electron chi connectivity index (χ2n) is 4.98. The van der Waals surface area contributed by atoms with E-state index in [4.69, 9.17) is 5.84 Å². The molecule has 1 atom stereocenters. The first kappa shape index (κ1) is 13.9. The first-order valence-corrected chi connectivity index (χ1v) is 5.97. The third kappa shape index (κ3) is 3.97. The van der Waals surface area contributed by atoms with Crippen LogP contribution < -0.4 is 11.3 Å². The van der Waals surface area contributed by atoms with Crippen LogP contribution in [0.25, 0.3) is 0 Å². The van der Waals surface area contributed by atoms with E-state index >= 15 is 0 Å². The van der Waals surface area contributed by atoms with E-state index in [0.29, 0.717) is 11.5 Å². The SMILES string of the molecule is CCC(CC)CC(NN)C(C)(C)CC. The first-order chi connectivity index (χ1) is 6.51. The van der Waals surface area contributed by atoms with Crippen molar-refractivity contribution >= 4 is 0 Å². The standard InChI is InChI=1S/C12H28N2/c1-6-10(7-2)9-11(14-13)12(4,5)8-3/h10-11,14H,6-9,13H2,1-5H3. The maximum absolute atomic E-state index is 5.64. The summed E-state index contributed by atoms with van der Waals surface area (Å²) >= 11 is 0. The molecular formula is C12H28N2. The molecular weight excluding hydrogens is 172 g/mol. The lowest BCUT2D eigenvalue weighted by Crippen LogP contribution is -2.46. The molecule has 1 unspecified atom stereocenters. The summed E-state index contributed by atoms with van der Waals surface area (Å²) in [5.74, 6) is 6.45. The van der Waals surface area contributed by atoms with Crippen molar-refractivity contribution in [3.8, 4) is 0 Å². The number of hydrogen-bond donors (Lipinski definition) is 2. The molecule has 0 aromatic heterocycles. The molecule has 0 aliphatic carbocycles. The second kappa shape index (κ2) is 6.41. The summed E-state index contributed by atoms with van der Waals surface area (Å²) in [6.45, 7) is 11.3. The van der Waals surface area contributed by atoms with E-state index < -0.39 is 0 Å². The fourth-order valence-electron chi connectivity index (χ4n) is 1.81. The molecule has 14 heavy (non-hydrogen) atoms. The van der Waals surface area contributed by atoms with E-state index in [-0.39, 0.29) is 0 Å². The Morgan fingerprint density at radius 3 is 1.93 bits per heavy atom. The molecule has 0 bridgehead atoms. The van der Waals surface area contributed by atoms with Crippen LogP contribution in [0, 0.1) is 11.3 Å². The van der Waals surface area contributed by atoms with Gasteiger partial charge in [-0.1, -0.05) is 47.5 Å². The van der Waals surface area contributed by atoms with Crippen LogP contribution in [0.3, 0.4) is 0 Å². The third-order valence-electron chi connectivity index (χ3n) is 3.78. The lowest BCUT2D eigenvalue weighted by atomic mass is 9.77. The largest absolute Gasteiger partial charge is 0.271 e. The topological polar surface area (TPSA) is 38.0 Å². The first-order valence-electron chi connectivity index (χ1n) is 5.97. The lowest BCUT2D eigenvalue weighted by Gasteiger charge is -2.35. The molecule has 0 amide bonds. The molecule has 0 saturated carbocycles. The summed E-state index contributed by atoms with van der Waals surface area (Å²) in [7, 11) is 0. The zero-order valence-electron chi connectivity index (χ0n) is 10.6. The van der Waals surface area contributed by atoms with Gasteiger partial charge >= 0.3 is 0 Å². The Labute approximate surface area is 89.6 Å². The predicted molar refractivity (Wildman–Crippen MR) is 63.9 cm³/mol. The highest BCUT2D eigenvalue weighted by Crippen LogP contribution is 2.30. The summed E-state index contributed by atoms with van der Waals surface area (Å²) in [5, 5.41) is 0. The molecule has 0 spiro atoms. The van der Waals surface area contributed by atoms with Crippen molar-refractivity contribution in [2.45, 2.75) is 66.3 Å². The highest BCUT2D eigenvalue weighted by molar-refractivity contribution is 4.83. The minimum Gasteiger partial charge on any atom is -0.271 e. The third-order valence-corrected chi connectivity index (χ3v) is 3.78. The van der Waals surface area contributed by atoms with E-state index in [2.05, 4.69) is 40.0 Å². The molecule has 2 heteroatoms. The van der Waals surface area contributed by atoms with Gasteiger partial charge in [0, 0.05) is 6.04 Å². The Morgan fingerprint density at radius 2 is 1.64 bits per heavy atom. The van der Waals surface area contributed by atoms with Gasteiger partial charge in [0.25, 0.3) is 0 Å². The minimum atomic E-state index is 0.303. The van der Waals surface area contributed by atoms with Gasteiger partial charge in [-0.2, -0.15) is 0 Å². The average Bonchev–Trinajstić information content (AvgIpc) is 2.19.